The summed E-state index contributed by atoms with van der Waals surface area (Å²) in [6.07, 6.45) is 2.47. The van der Waals surface area contributed by atoms with Crippen molar-refractivity contribution in [2.75, 3.05) is 7.11 Å². The smallest absolute Gasteiger partial charge is 0.153 e. The number of halogens is 1. The van der Waals surface area contributed by atoms with Gasteiger partial charge in [0.25, 0.3) is 0 Å². The standard InChI is InChI=1S/C17H13ClN2O2/c1-22-14-8-6-12(7-9-14)17-13(11-21)10-20(19-17)16-5-3-2-4-15(16)18/h2-11H,1H3. The van der Waals surface area contributed by atoms with E-state index in [-0.39, 0.29) is 0 Å². The first-order valence-corrected chi connectivity index (χ1v) is 7.05. The van der Waals surface area contributed by atoms with E-state index in [1.807, 2.05) is 42.5 Å². The lowest BCUT2D eigenvalue weighted by Gasteiger charge is -2.03. The van der Waals surface area contributed by atoms with Crippen LogP contribution in [0.15, 0.2) is 54.7 Å². The molecule has 0 unspecified atom stereocenters. The number of aromatic nitrogens is 2. The largest absolute Gasteiger partial charge is 0.497 e. The summed E-state index contributed by atoms with van der Waals surface area (Å²) >= 11 is 6.18. The Morgan fingerprint density at radius 1 is 1.14 bits per heavy atom. The Labute approximate surface area is 132 Å². The van der Waals surface area contributed by atoms with Gasteiger partial charge in [-0.05, 0) is 36.4 Å². The normalized spacial score (nSPS) is 10.5. The van der Waals surface area contributed by atoms with Crippen LogP contribution >= 0.6 is 11.6 Å². The van der Waals surface area contributed by atoms with E-state index in [9.17, 15) is 4.79 Å². The Balaban J connectivity index is 2.08. The van der Waals surface area contributed by atoms with Gasteiger partial charge in [-0.25, -0.2) is 4.68 Å². The number of para-hydroxylation sites is 1. The lowest BCUT2D eigenvalue weighted by Crippen LogP contribution is -1.95. The highest BCUT2D eigenvalue weighted by Gasteiger charge is 2.13. The Kier molecular flexibility index (Phi) is 3.94. The summed E-state index contributed by atoms with van der Waals surface area (Å²) in [5.41, 5.74) is 2.68. The molecule has 1 heterocycles. The van der Waals surface area contributed by atoms with Gasteiger partial charge < -0.3 is 4.74 Å². The number of hydrogen-bond acceptors (Lipinski definition) is 3. The Morgan fingerprint density at radius 3 is 2.50 bits per heavy atom. The molecule has 0 bridgehead atoms. The predicted octanol–water partition coefficient (Wildman–Crippen LogP) is 4.01. The molecule has 5 heteroatoms. The third-order valence-electron chi connectivity index (χ3n) is 3.33. The van der Waals surface area contributed by atoms with Crippen molar-refractivity contribution in [1.82, 2.24) is 9.78 Å². The molecule has 3 aromatic rings. The summed E-state index contributed by atoms with van der Waals surface area (Å²) in [4.78, 5) is 11.3. The molecular formula is C17H13ClN2O2. The summed E-state index contributed by atoms with van der Waals surface area (Å²) in [5.74, 6) is 0.752. The van der Waals surface area contributed by atoms with Crippen molar-refractivity contribution in [1.29, 1.82) is 0 Å². The van der Waals surface area contributed by atoms with E-state index in [1.54, 1.807) is 24.1 Å². The molecule has 0 saturated carbocycles. The maximum Gasteiger partial charge on any atom is 0.153 e. The zero-order chi connectivity index (χ0) is 15.5. The molecule has 110 valence electrons. The van der Waals surface area contributed by atoms with Crippen LogP contribution in [0.5, 0.6) is 5.75 Å². The van der Waals surface area contributed by atoms with Crippen molar-refractivity contribution in [3.05, 3.63) is 65.3 Å². The van der Waals surface area contributed by atoms with Gasteiger partial charge >= 0.3 is 0 Å². The van der Waals surface area contributed by atoms with Gasteiger partial charge in [0, 0.05) is 11.8 Å². The van der Waals surface area contributed by atoms with Gasteiger partial charge in [0.1, 0.15) is 11.4 Å². The minimum Gasteiger partial charge on any atom is -0.497 e. The number of nitrogens with zero attached hydrogens (tertiary/aromatic N) is 2. The van der Waals surface area contributed by atoms with Gasteiger partial charge in [-0.2, -0.15) is 5.10 Å². The number of carbonyl (C=O) groups is 1. The van der Waals surface area contributed by atoms with Crippen LogP contribution in [-0.2, 0) is 0 Å². The molecule has 0 aliphatic rings. The van der Waals surface area contributed by atoms with E-state index >= 15 is 0 Å². The molecule has 3 rings (SSSR count). The minimum absolute atomic E-state index is 0.505. The van der Waals surface area contributed by atoms with Gasteiger partial charge in [-0.15, -0.1) is 0 Å². The molecule has 0 saturated heterocycles. The molecule has 1 aromatic heterocycles. The van der Waals surface area contributed by atoms with Crippen molar-refractivity contribution in [2.24, 2.45) is 0 Å². The van der Waals surface area contributed by atoms with Crippen LogP contribution < -0.4 is 4.74 Å². The average molecular weight is 313 g/mol. The lowest BCUT2D eigenvalue weighted by atomic mass is 10.1. The minimum atomic E-state index is 0.505. The second-order valence-electron chi connectivity index (χ2n) is 4.68. The molecule has 22 heavy (non-hydrogen) atoms. The second-order valence-corrected chi connectivity index (χ2v) is 5.08. The summed E-state index contributed by atoms with van der Waals surface area (Å²) < 4.78 is 6.76. The number of hydrogen-bond donors (Lipinski definition) is 0. The highest BCUT2D eigenvalue weighted by atomic mass is 35.5. The molecule has 4 nitrogen and oxygen atoms in total. The Morgan fingerprint density at radius 2 is 1.86 bits per heavy atom. The van der Waals surface area contributed by atoms with Crippen molar-refractivity contribution in [3.8, 4) is 22.7 Å². The molecule has 0 amide bonds. The number of ether oxygens (including phenoxy) is 1. The number of aldehydes is 1. The first-order valence-electron chi connectivity index (χ1n) is 6.67. The Bertz CT molecular complexity index is 810. The number of carbonyl (C=O) groups excluding carboxylic acids is 1. The highest BCUT2D eigenvalue weighted by Crippen LogP contribution is 2.26. The topological polar surface area (TPSA) is 44.1 Å². The van der Waals surface area contributed by atoms with Crippen LogP contribution in [0.25, 0.3) is 16.9 Å². The SMILES string of the molecule is COc1ccc(-c2nn(-c3ccccc3Cl)cc2C=O)cc1. The van der Waals surface area contributed by atoms with E-state index in [0.29, 0.717) is 16.3 Å². The van der Waals surface area contributed by atoms with Crippen LogP contribution in [0, 0.1) is 0 Å². The van der Waals surface area contributed by atoms with Crippen LogP contribution in [0.1, 0.15) is 10.4 Å². The van der Waals surface area contributed by atoms with Crippen molar-refractivity contribution in [3.63, 3.8) is 0 Å². The Hall–Kier alpha value is -2.59. The lowest BCUT2D eigenvalue weighted by molar-refractivity contribution is 0.112. The van der Waals surface area contributed by atoms with Crippen molar-refractivity contribution in [2.45, 2.75) is 0 Å². The fraction of sp³-hybridized carbons (Fsp3) is 0.0588. The summed E-state index contributed by atoms with van der Waals surface area (Å²) in [6.45, 7) is 0. The quantitative estimate of drug-likeness (QED) is 0.684. The summed E-state index contributed by atoms with van der Waals surface area (Å²) in [6, 6.07) is 14.7. The van der Waals surface area contributed by atoms with Gasteiger partial charge in [0.15, 0.2) is 6.29 Å². The average Bonchev–Trinajstić information content (AvgIpc) is 2.99. The predicted molar refractivity (Wildman–Crippen MR) is 85.9 cm³/mol. The molecule has 0 N–H and O–H groups in total. The molecule has 0 radical (unpaired) electrons. The van der Waals surface area contributed by atoms with Gasteiger partial charge in [0.2, 0.25) is 0 Å². The van der Waals surface area contributed by atoms with E-state index in [4.69, 9.17) is 16.3 Å². The second kappa shape index (κ2) is 6.03. The maximum absolute atomic E-state index is 11.3. The molecule has 0 atom stereocenters. The van der Waals surface area contributed by atoms with Crippen LogP contribution in [0.4, 0.5) is 0 Å². The maximum atomic E-state index is 11.3. The summed E-state index contributed by atoms with van der Waals surface area (Å²) in [5, 5.41) is 5.07. The first kappa shape index (κ1) is 14.4. The molecule has 2 aromatic carbocycles. The molecule has 0 fully saturated rings. The zero-order valence-electron chi connectivity index (χ0n) is 11.9. The third-order valence-corrected chi connectivity index (χ3v) is 3.65. The van der Waals surface area contributed by atoms with E-state index in [0.717, 1.165) is 23.3 Å². The van der Waals surface area contributed by atoms with E-state index < -0.39 is 0 Å². The summed E-state index contributed by atoms with van der Waals surface area (Å²) in [7, 11) is 1.61. The fourth-order valence-corrected chi connectivity index (χ4v) is 2.43. The van der Waals surface area contributed by atoms with Crippen LogP contribution in [0.2, 0.25) is 5.02 Å². The van der Waals surface area contributed by atoms with Crippen molar-refractivity contribution < 1.29 is 9.53 Å². The monoisotopic (exact) mass is 312 g/mol. The molecule has 0 aliphatic carbocycles. The molecule has 0 aliphatic heterocycles. The number of methoxy groups -OCH3 is 1. The van der Waals surface area contributed by atoms with Crippen molar-refractivity contribution >= 4 is 17.9 Å². The number of benzene rings is 2. The van der Waals surface area contributed by atoms with Crippen LogP contribution in [0.3, 0.4) is 0 Å². The fourth-order valence-electron chi connectivity index (χ4n) is 2.21. The van der Waals surface area contributed by atoms with Gasteiger partial charge in [-0.3, -0.25) is 4.79 Å². The first-order chi connectivity index (χ1) is 10.7. The van der Waals surface area contributed by atoms with E-state index in [2.05, 4.69) is 5.10 Å². The van der Waals surface area contributed by atoms with Gasteiger partial charge in [-0.1, -0.05) is 23.7 Å². The van der Waals surface area contributed by atoms with E-state index in [1.165, 1.54) is 0 Å². The van der Waals surface area contributed by atoms with Gasteiger partial charge in [0.05, 0.1) is 23.4 Å². The third kappa shape index (κ3) is 2.61. The van der Waals surface area contributed by atoms with Crippen LogP contribution in [-0.4, -0.2) is 23.2 Å². The number of rotatable bonds is 4. The highest BCUT2D eigenvalue weighted by molar-refractivity contribution is 6.32. The zero-order valence-corrected chi connectivity index (χ0v) is 12.6. The molecule has 0 spiro atoms. The molecular weight excluding hydrogens is 300 g/mol.